The third-order valence-electron chi connectivity index (χ3n) is 2.70. The second-order valence-corrected chi connectivity index (χ2v) is 5.45. The van der Waals surface area contributed by atoms with E-state index < -0.39 is 0 Å². The van der Waals surface area contributed by atoms with Crippen LogP contribution in [0.5, 0.6) is 0 Å². The molecule has 1 aromatic carbocycles. The Balaban J connectivity index is 2.57. The average molecular weight is 294 g/mol. The summed E-state index contributed by atoms with van der Waals surface area (Å²) in [5.41, 5.74) is 1.82. The van der Waals surface area contributed by atoms with Crippen LogP contribution in [-0.2, 0) is 6.42 Å². The molecule has 0 bridgehead atoms. The van der Waals surface area contributed by atoms with E-state index in [2.05, 4.69) is 25.0 Å². The van der Waals surface area contributed by atoms with Crippen molar-refractivity contribution in [2.24, 2.45) is 5.92 Å². The normalized spacial score (nSPS) is 10.7. The van der Waals surface area contributed by atoms with Gasteiger partial charge < -0.3 is 0 Å². The number of para-hydroxylation sites is 1. The van der Waals surface area contributed by atoms with E-state index >= 15 is 0 Å². The molecule has 0 unspecified atom stereocenters. The first-order valence-electron chi connectivity index (χ1n) is 5.97. The summed E-state index contributed by atoms with van der Waals surface area (Å²) in [7, 11) is 0. The highest BCUT2D eigenvalue weighted by atomic mass is 35.5. The minimum absolute atomic E-state index is 0.311. The number of rotatable bonds is 3. The fourth-order valence-electron chi connectivity index (χ4n) is 1.86. The zero-order chi connectivity index (χ0) is 14.0. The molecule has 5 heteroatoms. The molecule has 2 rings (SSSR count). The molecule has 0 saturated heterocycles. The maximum Gasteiger partial charge on any atom is 0.151 e. The molecular formula is C14H13Cl2N3. The van der Waals surface area contributed by atoms with Crippen LogP contribution in [-0.4, -0.2) is 9.78 Å². The van der Waals surface area contributed by atoms with Gasteiger partial charge in [0.25, 0.3) is 0 Å². The van der Waals surface area contributed by atoms with Gasteiger partial charge in [-0.3, -0.25) is 0 Å². The van der Waals surface area contributed by atoms with E-state index in [-0.39, 0.29) is 0 Å². The van der Waals surface area contributed by atoms with Crippen molar-refractivity contribution in [3.8, 4) is 11.8 Å². The second-order valence-electron chi connectivity index (χ2n) is 4.69. The molecule has 0 aliphatic carbocycles. The van der Waals surface area contributed by atoms with Crippen LogP contribution in [0, 0.1) is 17.2 Å². The Bertz CT molecular complexity index is 639. The highest BCUT2D eigenvalue weighted by Gasteiger charge is 2.19. The molecule has 0 saturated carbocycles. The number of benzene rings is 1. The average Bonchev–Trinajstić information content (AvgIpc) is 2.65. The van der Waals surface area contributed by atoms with E-state index in [1.54, 1.807) is 6.07 Å². The van der Waals surface area contributed by atoms with E-state index in [0.29, 0.717) is 39.5 Å². The Morgan fingerprint density at radius 1 is 1.32 bits per heavy atom. The quantitative estimate of drug-likeness (QED) is 0.849. The first kappa shape index (κ1) is 13.9. The molecule has 0 N–H and O–H groups in total. The summed E-state index contributed by atoms with van der Waals surface area (Å²) in [6.07, 6.45) is 0.708. The summed E-state index contributed by atoms with van der Waals surface area (Å²) in [6, 6.07) is 9.40. The van der Waals surface area contributed by atoms with Crippen LogP contribution in [0.25, 0.3) is 5.69 Å². The molecule has 0 atom stereocenters. The van der Waals surface area contributed by atoms with Crippen LogP contribution in [0.3, 0.4) is 0 Å². The van der Waals surface area contributed by atoms with Gasteiger partial charge in [-0.25, -0.2) is 4.68 Å². The minimum atomic E-state index is 0.311. The van der Waals surface area contributed by atoms with Crippen molar-refractivity contribution in [3.05, 3.63) is 45.7 Å². The van der Waals surface area contributed by atoms with Gasteiger partial charge in [-0.05, 0) is 24.5 Å². The number of halogens is 2. The number of nitrogens with zero attached hydrogens (tertiary/aromatic N) is 3. The second kappa shape index (κ2) is 5.64. The molecule has 0 aliphatic rings. The monoisotopic (exact) mass is 293 g/mol. The van der Waals surface area contributed by atoms with Crippen molar-refractivity contribution < 1.29 is 0 Å². The van der Waals surface area contributed by atoms with Gasteiger partial charge in [0, 0.05) is 0 Å². The number of aromatic nitrogens is 2. The maximum atomic E-state index is 9.22. The Morgan fingerprint density at radius 3 is 2.58 bits per heavy atom. The van der Waals surface area contributed by atoms with E-state index in [0.717, 1.165) is 0 Å². The summed E-state index contributed by atoms with van der Waals surface area (Å²) in [5, 5.41) is 14.5. The molecule has 1 heterocycles. The van der Waals surface area contributed by atoms with Gasteiger partial charge in [0.2, 0.25) is 0 Å². The summed E-state index contributed by atoms with van der Waals surface area (Å²) < 4.78 is 1.53. The van der Waals surface area contributed by atoms with Gasteiger partial charge in [0.1, 0.15) is 11.6 Å². The van der Waals surface area contributed by atoms with Crippen molar-refractivity contribution in [3.63, 3.8) is 0 Å². The molecule has 98 valence electrons. The Hall–Kier alpha value is -1.50. The van der Waals surface area contributed by atoms with Crippen molar-refractivity contribution in [1.82, 2.24) is 9.78 Å². The van der Waals surface area contributed by atoms with Gasteiger partial charge in [0.15, 0.2) is 5.15 Å². The lowest BCUT2D eigenvalue weighted by molar-refractivity contribution is 0.627. The predicted molar refractivity (Wildman–Crippen MR) is 76.8 cm³/mol. The molecule has 3 nitrogen and oxygen atoms in total. The molecule has 1 aromatic heterocycles. The van der Waals surface area contributed by atoms with E-state index in [4.69, 9.17) is 23.2 Å². The first-order valence-corrected chi connectivity index (χ1v) is 6.72. The Kier molecular flexibility index (Phi) is 4.14. The topological polar surface area (TPSA) is 41.6 Å². The van der Waals surface area contributed by atoms with Crippen molar-refractivity contribution in [1.29, 1.82) is 5.26 Å². The van der Waals surface area contributed by atoms with Gasteiger partial charge in [-0.1, -0.05) is 49.2 Å². The van der Waals surface area contributed by atoms with Crippen LogP contribution >= 0.6 is 23.2 Å². The molecule has 0 spiro atoms. The summed E-state index contributed by atoms with van der Waals surface area (Å²) >= 11 is 12.4. The molecule has 19 heavy (non-hydrogen) atoms. The standard InChI is InChI=1S/C14H13Cl2N3/c1-9(2)7-12-10(8-17)14(16)19(18-12)13-6-4-3-5-11(13)15/h3-6,9H,7H2,1-2H3. The van der Waals surface area contributed by atoms with Gasteiger partial charge >= 0.3 is 0 Å². The zero-order valence-corrected chi connectivity index (χ0v) is 12.2. The number of nitriles is 1. The SMILES string of the molecule is CC(C)Cc1nn(-c2ccccc2Cl)c(Cl)c1C#N. The lowest BCUT2D eigenvalue weighted by Gasteiger charge is -2.05. The lowest BCUT2D eigenvalue weighted by Crippen LogP contribution is -2.00. The largest absolute Gasteiger partial charge is 0.219 e. The van der Waals surface area contributed by atoms with Crippen molar-refractivity contribution >= 4 is 23.2 Å². The van der Waals surface area contributed by atoms with E-state index in [1.807, 2.05) is 18.2 Å². The molecule has 0 radical (unpaired) electrons. The van der Waals surface area contributed by atoms with Crippen LogP contribution in [0.15, 0.2) is 24.3 Å². The lowest BCUT2D eigenvalue weighted by atomic mass is 10.1. The first-order chi connectivity index (χ1) is 9.04. The highest BCUT2D eigenvalue weighted by Crippen LogP contribution is 2.28. The fourth-order valence-corrected chi connectivity index (χ4v) is 2.36. The predicted octanol–water partition coefficient (Wildman–Crippen LogP) is 4.25. The number of hydrogen-bond acceptors (Lipinski definition) is 2. The zero-order valence-electron chi connectivity index (χ0n) is 10.7. The molecule has 0 aliphatic heterocycles. The van der Waals surface area contributed by atoms with Gasteiger partial charge in [0.05, 0.1) is 16.4 Å². The fraction of sp³-hybridized carbons (Fsp3) is 0.286. The molecular weight excluding hydrogens is 281 g/mol. The summed E-state index contributed by atoms with van der Waals surface area (Å²) in [5.74, 6) is 0.401. The third-order valence-corrected chi connectivity index (χ3v) is 3.36. The highest BCUT2D eigenvalue weighted by molar-refractivity contribution is 6.33. The summed E-state index contributed by atoms with van der Waals surface area (Å²) in [6.45, 7) is 4.15. The smallest absolute Gasteiger partial charge is 0.151 e. The van der Waals surface area contributed by atoms with E-state index in [1.165, 1.54) is 4.68 Å². The molecule has 2 aromatic rings. The van der Waals surface area contributed by atoms with Gasteiger partial charge in [-0.2, -0.15) is 10.4 Å². The van der Waals surface area contributed by atoms with Crippen LogP contribution < -0.4 is 0 Å². The van der Waals surface area contributed by atoms with Crippen LogP contribution in [0.2, 0.25) is 10.2 Å². The molecule has 0 fully saturated rings. The van der Waals surface area contributed by atoms with Crippen LogP contribution in [0.1, 0.15) is 25.1 Å². The van der Waals surface area contributed by atoms with E-state index in [9.17, 15) is 5.26 Å². The molecule has 0 amide bonds. The Morgan fingerprint density at radius 2 is 2.00 bits per heavy atom. The Labute approximate surface area is 122 Å². The van der Waals surface area contributed by atoms with Crippen molar-refractivity contribution in [2.75, 3.05) is 0 Å². The summed E-state index contributed by atoms with van der Waals surface area (Å²) in [4.78, 5) is 0. The maximum absolute atomic E-state index is 9.22. The number of hydrogen-bond donors (Lipinski definition) is 0. The van der Waals surface area contributed by atoms with Crippen molar-refractivity contribution in [2.45, 2.75) is 20.3 Å². The van der Waals surface area contributed by atoms with Crippen LogP contribution in [0.4, 0.5) is 0 Å². The minimum Gasteiger partial charge on any atom is -0.219 e. The van der Waals surface area contributed by atoms with Gasteiger partial charge in [-0.15, -0.1) is 0 Å². The third kappa shape index (κ3) is 2.75.